The Hall–Kier alpha value is -2.97. The Morgan fingerprint density at radius 3 is 2.95 bits per heavy atom. The molecule has 9 heteroatoms. The predicted molar refractivity (Wildman–Crippen MR) is 78.1 cm³/mol. The number of aryl methyl sites for hydroxylation is 2. The normalized spacial score (nSPS) is 11.0. The summed E-state index contributed by atoms with van der Waals surface area (Å²) in [5.41, 5.74) is 7.61. The number of carbonyl (C=O) groups excluding carboxylic acids is 1. The lowest BCUT2D eigenvalue weighted by Gasteiger charge is -2.06. The Morgan fingerprint density at radius 2 is 2.23 bits per heavy atom. The molecule has 3 aromatic heterocycles. The highest BCUT2D eigenvalue weighted by Crippen LogP contribution is 2.21. The van der Waals surface area contributed by atoms with Crippen LogP contribution >= 0.6 is 0 Å². The van der Waals surface area contributed by atoms with Crippen molar-refractivity contribution in [2.24, 2.45) is 0 Å². The zero-order valence-electron chi connectivity index (χ0n) is 12.2. The summed E-state index contributed by atoms with van der Waals surface area (Å²) in [6, 6.07) is 1.72. The van der Waals surface area contributed by atoms with Crippen molar-refractivity contribution < 1.29 is 9.32 Å². The summed E-state index contributed by atoms with van der Waals surface area (Å²) < 4.78 is 5.12. The van der Waals surface area contributed by atoms with E-state index in [1.54, 1.807) is 19.9 Å². The lowest BCUT2D eigenvalue weighted by atomic mass is 10.1. The van der Waals surface area contributed by atoms with Gasteiger partial charge in [0.2, 0.25) is 5.95 Å². The topological polar surface area (TPSA) is 136 Å². The van der Waals surface area contributed by atoms with E-state index in [1.165, 1.54) is 0 Å². The Bertz CT molecular complexity index is 836. The number of anilines is 1. The van der Waals surface area contributed by atoms with Gasteiger partial charge in [-0.1, -0.05) is 5.16 Å². The SMILES string of the molecule is Cc1cc(C(=O)NCCc2nc(N)n[nH]2)c2c(C)noc2n1. The smallest absolute Gasteiger partial charge is 0.258 e. The molecule has 9 nitrogen and oxygen atoms in total. The van der Waals surface area contributed by atoms with Crippen molar-refractivity contribution >= 4 is 23.0 Å². The number of hydrogen-bond acceptors (Lipinski definition) is 7. The summed E-state index contributed by atoms with van der Waals surface area (Å²) >= 11 is 0. The van der Waals surface area contributed by atoms with Crippen LogP contribution in [0.3, 0.4) is 0 Å². The molecule has 0 atom stereocenters. The lowest BCUT2D eigenvalue weighted by molar-refractivity contribution is 0.0955. The second kappa shape index (κ2) is 5.43. The number of nitrogen functional groups attached to an aromatic ring is 1. The molecule has 0 aliphatic carbocycles. The number of rotatable bonds is 4. The van der Waals surface area contributed by atoms with Gasteiger partial charge in [-0.15, -0.1) is 5.10 Å². The molecule has 0 radical (unpaired) electrons. The van der Waals surface area contributed by atoms with Gasteiger partial charge in [0.05, 0.1) is 16.6 Å². The van der Waals surface area contributed by atoms with E-state index >= 15 is 0 Å². The molecule has 0 spiro atoms. The monoisotopic (exact) mass is 301 g/mol. The van der Waals surface area contributed by atoms with Gasteiger partial charge in [0, 0.05) is 18.7 Å². The Morgan fingerprint density at radius 1 is 1.41 bits per heavy atom. The van der Waals surface area contributed by atoms with E-state index in [2.05, 4.69) is 30.6 Å². The molecule has 4 N–H and O–H groups in total. The van der Waals surface area contributed by atoms with Crippen LogP contribution in [-0.4, -0.2) is 37.8 Å². The van der Waals surface area contributed by atoms with Gasteiger partial charge in [0.15, 0.2) is 0 Å². The van der Waals surface area contributed by atoms with Gasteiger partial charge < -0.3 is 15.6 Å². The Balaban J connectivity index is 1.76. The lowest BCUT2D eigenvalue weighted by Crippen LogP contribution is -2.26. The quantitative estimate of drug-likeness (QED) is 0.638. The zero-order chi connectivity index (χ0) is 15.7. The fourth-order valence-electron chi connectivity index (χ4n) is 2.21. The molecule has 1 amide bonds. The fourth-order valence-corrected chi connectivity index (χ4v) is 2.21. The van der Waals surface area contributed by atoms with E-state index in [-0.39, 0.29) is 11.9 Å². The number of nitrogens with two attached hydrogens (primary N) is 1. The average Bonchev–Trinajstić information content (AvgIpc) is 3.04. The summed E-state index contributed by atoms with van der Waals surface area (Å²) in [6.07, 6.45) is 0.506. The zero-order valence-corrected chi connectivity index (χ0v) is 12.2. The highest BCUT2D eigenvalue weighted by molar-refractivity contribution is 6.06. The average molecular weight is 301 g/mol. The van der Waals surface area contributed by atoms with E-state index in [1.807, 2.05) is 0 Å². The maximum atomic E-state index is 12.4. The molecule has 0 aromatic carbocycles. The Kier molecular flexibility index (Phi) is 3.45. The summed E-state index contributed by atoms with van der Waals surface area (Å²) in [5.74, 6) is 0.595. The van der Waals surface area contributed by atoms with Crippen LogP contribution in [0.5, 0.6) is 0 Å². The predicted octanol–water partition coefficient (Wildman–Crippen LogP) is 0.512. The number of amides is 1. The first-order valence-electron chi connectivity index (χ1n) is 6.73. The van der Waals surface area contributed by atoms with Crippen molar-refractivity contribution in [2.75, 3.05) is 12.3 Å². The maximum absolute atomic E-state index is 12.4. The van der Waals surface area contributed by atoms with E-state index < -0.39 is 0 Å². The van der Waals surface area contributed by atoms with E-state index in [9.17, 15) is 4.79 Å². The van der Waals surface area contributed by atoms with Crippen LogP contribution in [0, 0.1) is 13.8 Å². The number of nitrogens with zero attached hydrogens (tertiary/aromatic N) is 4. The van der Waals surface area contributed by atoms with Crippen LogP contribution in [0.1, 0.15) is 27.6 Å². The van der Waals surface area contributed by atoms with Crippen LogP contribution in [0.4, 0.5) is 5.95 Å². The fraction of sp³-hybridized carbons (Fsp3) is 0.308. The molecular formula is C13H15N7O2. The minimum Gasteiger partial charge on any atom is -0.367 e. The summed E-state index contributed by atoms with van der Waals surface area (Å²) in [5, 5.41) is 13.7. The molecule has 0 unspecified atom stereocenters. The molecule has 3 aromatic rings. The van der Waals surface area contributed by atoms with Crippen molar-refractivity contribution in [2.45, 2.75) is 20.3 Å². The second-order valence-electron chi connectivity index (χ2n) is 4.91. The molecule has 0 aliphatic rings. The third kappa shape index (κ3) is 2.60. The molecule has 22 heavy (non-hydrogen) atoms. The van der Waals surface area contributed by atoms with E-state index in [4.69, 9.17) is 10.3 Å². The number of carbonyl (C=O) groups is 1. The van der Waals surface area contributed by atoms with Gasteiger partial charge in [-0.3, -0.25) is 9.89 Å². The van der Waals surface area contributed by atoms with Crippen molar-refractivity contribution in [3.8, 4) is 0 Å². The van der Waals surface area contributed by atoms with Gasteiger partial charge in [-0.25, -0.2) is 4.98 Å². The first kappa shape index (κ1) is 14.0. The van der Waals surface area contributed by atoms with Gasteiger partial charge in [0.25, 0.3) is 11.6 Å². The maximum Gasteiger partial charge on any atom is 0.258 e. The van der Waals surface area contributed by atoms with Crippen LogP contribution in [0.25, 0.3) is 11.1 Å². The van der Waals surface area contributed by atoms with Crippen molar-refractivity contribution in [1.82, 2.24) is 30.6 Å². The standard InChI is InChI=1S/C13H15N7O2/c1-6-5-8(10-7(2)20-22-12(10)16-6)11(21)15-4-3-9-17-13(14)19-18-9/h5H,3-4H2,1-2H3,(H,15,21)(H3,14,17,18,19). The first-order chi connectivity index (χ1) is 10.5. The number of pyridine rings is 1. The van der Waals surface area contributed by atoms with Gasteiger partial charge in [-0.2, -0.15) is 4.98 Å². The number of fused-ring (bicyclic) bond motifs is 1. The van der Waals surface area contributed by atoms with Crippen LogP contribution in [-0.2, 0) is 6.42 Å². The molecular weight excluding hydrogens is 286 g/mol. The van der Waals surface area contributed by atoms with Crippen LogP contribution in [0.2, 0.25) is 0 Å². The largest absolute Gasteiger partial charge is 0.367 e. The summed E-state index contributed by atoms with van der Waals surface area (Å²) in [7, 11) is 0. The molecule has 0 bridgehead atoms. The highest BCUT2D eigenvalue weighted by Gasteiger charge is 2.17. The number of nitrogens with one attached hydrogen (secondary N) is 2. The van der Waals surface area contributed by atoms with Gasteiger partial charge >= 0.3 is 0 Å². The van der Waals surface area contributed by atoms with E-state index in [0.29, 0.717) is 46.8 Å². The minimum atomic E-state index is -0.214. The van der Waals surface area contributed by atoms with Gasteiger partial charge in [-0.05, 0) is 19.9 Å². The number of H-pyrrole nitrogens is 1. The highest BCUT2D eigenvalue weighted by atomic mass is 16.5. The third-order valence-corrected chi connectivity index (χ3v) is 3.19. The van der Waals surface area contributed by atoms with Gasteiger partial charge in [0.1, 0.15) is 5.82 Å². The first-order valence-corrected chi connectivity index (χ1v) is 6.73. The van der Waals surface area contributed by atoms with Crippen molar-refractivity contribution in [3.05, 3.63) is 28.8 Å². The second-order valence-corrected chi connectivity index (χ2v) is 4.91. The summed E-state index contributed by atoms with van der Waals surface area (Å²) in [4.78, 5) is 20.6. The van der Waals surface area contributed by atoms with Crippen LogP contribution in [0.15, 0.2) is 10.6 Å². The van der Waals surface area contributed by atoms with E-state index in [0.717, 1.165) is 0 Å². The minimum absolute atomic E-state index is 0.188. The number of aromatic nitrogens is 5. The molecule has 0 aliphatic heterocycles. The van der Waals surface area contributed by atoms with Crippen molar-refractivity contribution in [1.29, 1.82) is 0 Å². The molecule has 3 rings (SSSR count). The molecule has 0 saturated heterocycles. The number of hydrogen-bond donors (Lipinski definition) is 3. The molecule has 3 heterocycles. The third-order valence-electron chi connectivity index (χ3n) is 3.19. The molecule has 114 valence electrons. The molecule has 0 saturated carbocycles. The molecule has 0 fully saturated rings. The van der Waals surface area contributed by atoms with Crippen molar-refractivity contribution in [3.63, 3.8) is 0 Å². The summed E-state index contributed by atoms with van der Waals surface area (Å²) in [6.45, 7) is 3.98. The Labute approximate surface area is 125 Å². The van der Waals surface area contributed by atoms with Crippen LogP contribution < -0.4 is 11.1 Å². The number of aromatic amines is 1.